The molecular formula is C19H21N5O2S. The van der Waals surface area contributed by atoms with E-state index in [0.29, 0.717) is 5.69 Å². The van der Waals surface area contributed by atoms with Gasteiger partial charge in [-0.05, 0) is 44.0 Å². The molecule has 1 aliphatic heterocycles. The van der Waals surface area contributed by atoms with Gasteiger partial charge in [-0.3, -0.25) is 14.2 Å². The molecule has 1 aromatic carbocycles. The van der Waals surface area contributed by atoms with Gasteiger partial charge in [0.2, 0.25) is 5.91 Å². The molecule has 4 rings (SSSR count). The van der Waals surface area contributed by atoms with Crippen LogP contribution in [0.15, 0.2) is 34.4 Å². The monoisotopic (exact) mass is 383 g/mol. The molecular weight excluding hydrogens is 362 g/mol. The Bertz CT molecular complexity index is 1020. The van der Waals surface area contributed by atoms with Gasteiger partial charge in [0.1, 0.15) is 12.4 Å². The summed E-state index contributed by atoms with van der Waals surface area (Å²) in [6, 6.07) is 7.60. The van der Waals surface area contributed by atoms with Gasteiger partial charge >= 0.3 is 4.87 Å². The van der Waals surface area contributed by atoms with Crippen molar-refractivity contribution < 1.29 is 4.79 Å². The maximum Gasteiger partial charge on any atom is 0.307 e. The van der Waals surface area contributed by atoms with Crippen molar-refractivity contribution in [1.29, 1.82) is 0 Å². The van der Waals surface area contributed by atoms with Crippen LogP contribution in [-0.4, -0.2) is 25.2 Å². The van der Waals surface area contributed by atoms with Crippen LogP contribution in [0.3, 0.4) is 0 Å². The van der Waals surface area contributed by atoms with E-state index in [1.54, 1.807) is 5.38 Å². The second-order valence-corrected chi connectivity index (χ2v) is 7.58. The molecule has 0 radical (unpaired) electrons. The van der Waals surface area contributed by atoms with Gasteiger partial charge in [-0.25, -0.2) is 0 Å². The first-order valence-electron chi connectivity index (χ1n) is 9.09. The first-order valence-corrected chi connectivity index (χ1v) is 9.97. The number of carbonyl (C=O) groups is 1. The van der Waals surface area contributed by atoms with Crippen LogP contribution in [0.25, 0.3) is 11.4 Å². The lowest BCUT2D eigenvalue weighted by Crippen LogP contribution is -2.25. The van der Waals surface area contributed by atoms with Crippen molar-refractivity contribution in [2.45, 2.75) is 45.7 Å². The zero-order valence-corrected chi connectivity index (χ0v) is 16.0. The van der Waals surface area contributed by atoms with Crippen LogP contribution in [0.2, 0.25) is 0 Å². The third-order valence-corrected chi connectivity index (χ3v) is 5.70. The SMILES string of the molecule is Cc1csc(=O)n1CC(=O)Nc1ccc(-c2nnc3n2CCCCC3)cc1. The van der Waals surface area contributed by atoms with E-state index in [4.69, 9.17) is 0 Å². The van der Waals surface area contributed by atoms with Crippen molar-refractivity contribution in [1.82, 2.24) is 19.3 Å². The number of thiazole rings is 1. The number of aromatic nitrogens is 4. The third kappa shape index (κ3) is 3.71. The van der Waals surface area contributed by atoms with E-state index >= 15 is 0 Å². The Labute approximate surface area is 160 Å². The number of hydrogen-bond donors (Lipinski definition) is 1. The van der Waals surface area contributed by atoms with Gasteiger partial charge in [0.25, 0.3) is 0 Å². The number of fused-ring (bicyclic) bond motifs is 1. The standard InChI is InChI=1S/C19H21N5O2S/c1-13-12-27-19(26)24(13)11-17(25)20-15-8-6-14(7-9-15)18-22-21-16-5-3-2-4-10-23(16)18/h6-9,12H,2-5,10-11H2,1H3,(H,20,25). The van der Waals surface area contributed by atoms with Crippen LogP contribution in [-0.2, 0) is 24.3 Å². The van der Waals surface area contributed by atoms with E-state index in [9.17, 15) is 9.59 Å². The number of aryl methyl sites for hydroxylation is 2. The summed E-state index contributed by atoms with van der Waals surface area (Å²) in [6.07, 6.45) is 4.51. The van der Waals surface area contributed by atoms with Crippen molar-refractivity contribution in [2.24, 2.45) is 0 Å². The molecule has 0 saturated heterocycles. The van der Waals surface area contributed by atoms with Gasteiger partial charge in [0.15, 0.2) is 5.82 Å². The van der Waals surface area contributed by atoms with Crippen molar-refractivity contribution in [2.75, 3.05) is 5.32 Å². The Balaban J connectivity index is 1.47. The maximum atomic E-state index is 12.2. The third-order valence-electron chi connectivity index (χ3n) is 4.81. The number of nitrogens with zero attached hydrogens (tertiary/aromatic N) is 4. The molecule has 0 aliphatic carbocycles. The number of nitrogens with one attached hydrogen (secondary N) is 1. The fourth-order valence-electron chi connectivity index (χ4n) is 3.34. The Hall–Kier alpha value is -2.74. The van der Waals surface area contributed by atoms with Crippen molar-refractivity contribution in [3.63, 3.8) is 0 Å². The molecule has 0 atom stereocenters. The topological polar surface area (TPSA) is 81.8 Å². The van der Waals surface area contributed by atoms with Gasteiger partial charge < -0.3 is 9.88 Å². The first kappa shape index (κ1) is 17.7. The summed E-state index contributed by atoms with van der Waals surface area (Å²) in [6.45, 7) is 2.79. The highest BCUT2D eigenvalue weighted by molar-refractivity contribution is 7.07. The summed E-state index contributed by atoms with van der Waals surface area (Å²) in [5.41, 5.74) is 2.47. The average molecular weight is 383 g/mol. The lowest BCUT2D eigenvalue weighted by Gasteiger charge is -2.09. The normalized spacial score (nSPS) is 13.8. The number of benzene rings is 1. The number of rotatable bonds is 4. The van der Waals surface area contributed by atoms with Gasteiger partial charge in [-0.1, -0.05) is 17.8 Å². The molecule has 0 unspecified atom stereocenters. The molecule has 0 bridgehead atoms. The molecule has 0 fully saturated rings. The zero-order valence-electron chi connectivity index (χ0n) is 15.1. The second-order valence-electron chi connectivity index (χ2n) is 6.76. The zero-order chi connectivity index (χ0) is 18.8. The predicted octanol–water partition coefficient (Wildman–Crippen LogP) is 2.84. The van der Waals surface area contributed by atoms with Crippen LogP contribution in [0.4, 0.5) is 5.69 Å². The summed E-state index contributed by atoms with van der Waals surface area (Å²) in [5, 5.41) is 13.3. The highest BCUT2D eigenvalue weighted by atomic mass is 32.1. The Morgan fingerprint density at radius 1 is 1.19 bits per heavy atom. The molecule has 140 valence electrons. The maximum absolute atomic E-state index is 12.2. The van der Waals surface area contributed by atoms with E-state index in [-0.39, 0.29) is 17.3 Å². The fraction of sp³-hybridized carbons (Fsp3) is 0.368. The van der Waals surface area contributed by atoms with E-state index in [2.05, 4.69) is 20.1 Å². The molecule has 27 heavy (non-hydrogen) atoms. The molecule has 0 spiro atoms. The minimum atomic E-state index is -0.220. The van der Waals surface area contributed by atoms with Crippen LogP contribution in [0.5, 0.6) is 0 Å². The van der Waals surface area contributed by atoms with Gasteiger partial charge in [0, 0.05) is 35.3 Å². The van der Waals surface area contributed by atoms with Crippen LogP contribution >= 0.6 is 11.3 Å². The van der Waals surface area contributed by atoms with Gasteiger partial charge in [-0.15, -0.1) is 10.2 Å². The predicted molar refractivity (Wildman–Crippen MR) is 105 cm³/mol. The molecule has 2 aromatic heterocycles. The molecule has 1 amide bonds. The van der Waals surface area contributed by atoms with Gasteiger partial charge in [0.05, 0.1) is 0 Å². The number of anilines is 1. The molecule has 7 nitrogen and oxygen atoms in total. The summed E-state index contributed by atoms with van der Waals surface area (Å²) in [4.78, 5) is 23.8. The number of hydrogen-bond acceptors (Lipinski definition) is 5. The largest absolute Gasteiger partial charge is 0.325 e. The van der Waals surface area contributed by atoms with Gasteiger partial charge in [-0.2, -0.15) is 0 Å². The second kappa shape index (κ2) is 7.48. The minimum absolute atomic E-state index is 0.0214. The van der Waals surface area contributed by atoms with Crippen molar-refractivity contribution in [3.05, 3.63) is 50.8 Å². The smallest absolute Gasteiger partial charge is 0.307 e. The quantitative estimate of drug-likeness (QED) is 0.751. The Morgan fingerprint density at radius 3 is 2.74 bits per heavy atom. The molecule has 0 saturated carbocycles. The lowest BCUT2D eigenvalue weighted by atomic mass is 10.2. The highest BCUT2D eigenvalue weighted by Crippen LogP contribution is 2.24. The van der Waals surface area contributed by atoms with Crippen molar-refractivity contribution >= 4 is 22.9 Å². The average Bonchev–Trinajstić information content (AvgIpc) is 3.11. The summed E-state index contributed by atoms with van der Waals surface area (Å²) >= 11 is 1.10. The molecule has 1 N–H and O–H groups in total. The lowest BCUT2D eigenvalue weighted by molar-refractivity contribution is -0.116. The molecule has 3 aromatic rings. The Kier molecular flexibility index (Phi) is 4.89. The first-order chi connectivity index (χ1) is 13.1. The number of amides is 1. The van der Waals surface area contributed by atoms with Crippen LogP contribution in [0.1, 0.15) is 30.8 Å². The molecule has 3 heterocycles. The Morgan fingerprint density at radius 2 is 2.00 bits per heavy atom. The summed E-state index contributed by atoms with van der Waals surface area (Å²) < 4.78 is 3.67. The van der Waals surface area contributed by atoms with E-state index in [1.165, 1.54) is 11.0 Å². The summed E-state index contributed by atoms with van der Waals surface area (Å²) in [5.74, 6) is 1.71. The van der Waals surface area contributed by atoms with Crippen LogP contribution < -0.4 is 10.2 Å². The molecule has 1 aliphatic rings. The van der Waals surface area contributed by atoms with Crippen LogP contribution in [0, 0.1) is 6.92 Å². The highest BCUT2D eigenvalue weighted by Gasteiger charge is 2.16. The summed E-state index contributed by atoms with van der Waals surface area (Å²) in [7, 11) is 0. The van der Waals surface area contributed by atoms with E-state index in [0.717, 1.165) is 60.1 Å². The fourth-order valence-corrected chi connectivity index (χ4v) is 4.08. The number of carbonyl (C=O) groups excluding carboxylic acids is 1. The van der Waals surface area contributed by atoms with Crippen molar-refractivity contribution in [3.8, 4) is 11.4 Å². The van der Waals surface area contributed by atoms with E-state index < -0.39 is 0 Å². The van der Waals surface area contributed by atoms with E-state index in [1.807, 2.05) is 31.2 Å². The minimum Gasteiger partial charge on any atom is -0.325 e. The molecule has 8 heteroatoms.